The molecule has 2 aliphatic rings. The van der Waals surface area contributed by atoms with Crippen molar-refractivity contribution >= 4 is 6.47 Å². The second-order valence-electron chi connectivity index (χ2n) is 6.33. The Balaban J connectivity index is 0.000000677. The van der Waals surface area contributed by atoms with Crippen molar-refractivity contribution in [3.05, 3.63) is 0 Å². The molecule has 0 unspecified atom stereocenters. The first-order valence-electron chi connectivity index (χ1n) is 8.96. The molecule has 2 rings (SSSR count). The number of nitrogens with zero attached hydrogens (tertiary/aromatic N) is 1. The van der Waals surface area contributed by atoms with Crippen molar-refractivity contribution in [1.82, 2.24) is 10.4 Å². The lowest BCUT2D eigenvalue weighted by Crippen LogP contribution is -2.46. The largest absolute Gasteiger partial charge is 0.483 e. The second-order valence-corrected chi connectivity index (χ2v) is 6.33. The minimum Gasteiger partial charge on any atom is -0.483 e. The van der Waals surface area contributed by atoms with Crippen molar-refractivity contribution in [2.75, 3.05) is 13.1 Å². The second kappa shape index (κ2) is 13.1. The van der Waals surface area contributed by atoms with E-state index in [2.05, 4.69) is 10.4 Å². The number of carbonyl (C=O) groups is 1. The molecule has 1 saturated carbocycles. The lowest BCUT2D eigenvalue weighted by Gasteiger charge is -2.32. The highest BCUT2D eigenvalue weighted by Crippen LogP contribution is 2.21. The monoisotopic (exact) mass is 298 g/mol. The third-order valence-electron chi connectivity index (χ3n) is 4.66. The Morgan fingerprint density at radius 3 is 1.90 bits per heavy atom. The summed E-state index contributed by atoms with van der Waals surface area (Å²) in [6.07, 6.45) is 18.7. The predicted octanol–water partition coefficient (Wildman–Crippen LogP) is 3.96. The van der Waals surface area contributed by atoms with Gasteiger partial charge in [0.25, 0.3) is 6.47 Å². The smallest absolute Gasteiger partial charge is 0.290 e. The zero-order valence-electron chi connectivity index (χ0n) is 13.6. The van der Waals surface area contributed by atoms with Gasteiger partial charge in [-0.15, -0.1) is 0 Å². The van der Waals surface area contributed by atoms with Crippen LogP contribution in [0, 0.1) is 0 Å². The molecule has 1 saturated heterocycles. The fourth-order valence-corrected chi connectivity index (χ4v) is 3.47. The quantitative estimate of drug-likeness (QED) is 0.719. The molecule has 0 aromatic heterocycles. The molecule has 2 N–H and O–H groups in total. The van der Waals surface area contributed by atoms with Crippen molar-refractivity contribution in [3.63, 3.8) is 0 Å². The molecule has 1 heterocycles. The Labute approximate surface area is 130 Å². The first-order valence-corrected chi connectivity index (χ1v) is 8.96. The van der Waals surface area contributed by atoms with Crippen LogP contribution in [0.25, 0.3) is 0 Å². The van der Waals surface area contributed by atoms with E-state index in [9.17, 15) is 0 Å². The highest BCUT2D eigenvalue weighted by molar-refractivity contribution is 5.32. The minimum absolute atomic E-state index is 0.250. The third-order valence-corrected chi connectivity index (χ3v) is 4.66. The van der Waals surface area contributed by atoms with Crippen LogP contribution in [0.2, 0.25) is 0 Å². The van der Waals surface area contributed by atoms with Crippen LogP contribution >= 0.6 is 0 Å². The molecule has 4 heteroatoms. The fraction of sp³-hybridized carbons (Fsp3) is 0.941. The van der Waals surface area contributed by atoms with E-state index in [0.717, 1.165) is 6.04 Å². The minimum atomic E-state index is -0.250. The van der Waals surface area contributed by atoms with Gasteiger partial charge in [0.2, 0.25) is 0 Å². The summed E-state index contributed by atoms with van der Waals surface area (Å²) in [4.78, 5) is 8.36. The first kappa shape index (κ1) is 18.4. The maximum atomic E-state index is 8.36. The van der Waals surface area contributed by atoms with Gasteiger partial charge in [0.15, 0.2) is 0 Å². The summed E-state index contributed by atoms with van der Waals surface area (Å²) in [5.41, 5.74) is 3.73. The van der Waals surface area contributed by atoms with Crippen LogP contribution in [0.5, 0.6) is 0 Å². The van der Waals surface area contributed by atoms with Gasteiger partial charge in [-0.25, -0.2) is 5.01 Å². The van der Waals surface area contributed by atoms with Gasteiger partial charge < -0.3 is 5.11 Å². The van der Waals surface area contributed by atoms with Gasteiger partial charge >= 0.3 is 0 Å². The number of carboxylic acid groups (broad SMARTS) is 1. The first-order chi connectivity index (χ1) is 10.4. The molecule has 2 fully saturated rings. The van der Waals surface area contributed by atoms with Crippen molar-refractivity contribution < 1.29 is 9.90 Å². The normalized spacial score (nSPS) is 24.0. The van der Waals surface area contributed by atoms with E-state index in [4.69, 9.17) is 9.90 Å². The van der Waals surface area contributed by atoms with E-state index >= 15 is 0 Å². The zero-order chi connectivity index (χ0) is 15.2. The van der Waals surface area contributed by atoms with Crippen molar-refractivity contribution in [2.24, 2.45) is 0 Å². The summed E-state index contributed by atoms with van der Waals surface area (Å²) >= 11 is 0. The molecule has 0 bridgehead atoms. The van der Waals surface area contributed by atoms with Crippen LogP contribution in [0.3, 0.4) is 0 Å². The van der Waals surface area contributed by atoms with E-state index < -0.39 is 0 Å². The van der Waals surface area contributed by atoms with Crippen LogP contribution < -0.4 is 5.43 Å². The highest BCUT2D eigenvalue weighted by atomic mass is 16.3. The van der Waals surface area contributed by atoms with Gasteiger partial charge in [0.05, 0.1) is 0 Å². The SMILES string of the molecule is C1CCCCC(N2CCCCCCCN2)CCC1.O=CO. The molecule has 0 spiro atoms. The Bertz CT molecular complexity index is 207. The van der Waals surface area contributed by atoms with E-state index in [1.165, 1.54) is 96.6 Å². The summed E-state index contributed by atoms with van der Waals surface area (Å²) in [6, 6.07) is 0.821. The molecule has 21 heavy (non-hydrogen) atoms. The number of hydrogen-bond donors (Lipinski definition) is 2. The third kappa shape index (κ3) is 9.10. The molecular weight excluding hydrogens is 264 g/mol. The zero-order valence-corrected chi connectivity index (χ0v) is 13.6. The molecule has 0 radical (unpaired) electrons. The molecule has 1 aliphatic carbocycles. The Morgan fingerprint density at radius 2 is 1.29 bits per heavy atom. The predicted molar refractivity (Wildman–Crippen MR) is 87.2 cm³/mol. The Kier molecular flexibility index (Phi) is 11.5. The summed E-state index contributed by atoms with van der Waals surface area (Å²) in [5.74, 6) is 0. The van der Waals surface area contributed by atoms with Gasteiger partial charge in [-0.05, 0) is 25.7 Å². The molecule has 0 atom stereocenters. The fourth-order valence-electron chi connectivity index (χ4n) is 3.47. The Hall–Kier alpha value is -0.610. The average Bonchev–Trinajstić information content (AvgIpc) is 2.70. The van der Waals surface area contributed by atoms with Gasteiger partial charge in [0.1, 0.15) is 0 Å². The maximum Gasteiger partial charge on any atom is 0.290 e. The molecular formula is C17H34N2O2. The molecule has 0 aromatic rings. The summed E-state index contributed by atoms with van der Waals surface area (Å²) in [5, 5.41) is 9.51. The topological polar surface area (TPSA) is 52.6 Å². The van der Waals surface area contributed by atoms with Gasteiger partial charge in [0, 0.05) is 19.1 Å². The summed E-state index contributed by atoms with van der Waals surface area (Å²) in [7, 11) is 0. The number of hydrogen-bond acceptors (Lipinski definition) is 3. The van der Waals surface area contributed by atoms with Gasteiger partial charge in [-0.2, -0.15) is 0 Å². The van der Waals surface area contributed by atoms with Crippen molar-refractivity contribution in [1.29, 1.82) is 0 Å². The molecule has 124 valence electrons. The van der Waals surface area contributed by atoms with E-state index in [0.29, 0.717) is 0 Å². The molecule has 1 aliphatic heterocycles. The van der Waals surface area contributed by atoms with Crippen LogP contribution in [0.4, 0.5) is 0 Å². The van der Waals surface area contributed by atoms with Crippen LogP contribution in [-0.2, 0) is 4.79 Å². The number of rotatable bonds is 1. The molecule has 4 nitrogen and oxygen atoms in total. The lowest BCUT2D eigenvalue weighted by molar-refractivity contribution is -0.122. The number of nitrogens with one attached hydrogen (secondary N) is 1. The van der Waals surface area contributed by atoms with Crippen molar-refractivity contribution in [2.45, 2.75) is 89.5 Å². The standard InChI is InChI=1S/C16H32N2.CH2O2/c1-2-5-9-13-16(12-8-4-1)18-15-11-7-3-6-10-14-17-18;2-1-3/h16-17H,1-15H2;1H,(H,2,3). The lowest BCUT2D eigenvalue weighted by atomic mass is 10.0. The van der Waals surface area contributed by atoms with Crippen LogP contribution in [-0.4, -0.2) is 35.7 Å². The molecule has 0 aromatic carbocycles. The van der Waals surface area contributed by atoms with E-state index in [1.807, 2.05) is 0 Å². The molecule has 0 amide bonds. The van der Waals surface area contributed by atoms with Crippen LogP contribution in [0.15, 0.2) is 0 Å². The van der Waals surface area contributed by atoms with Gasteiger partial charge in [-0.3, -0.25) is 10.2 Å². The van der Waals surface area contributed by atoms with Crippen molar-refractivity contribution in [3.8, 4) is 0 Å². The van der Waals surface area contributed by atoms with E-state index in [1.54, 1.807) is 0 Å². The maximum absolute atomic E-state index is 8.36. The van der Waals surface area contributed by atoms with E-state index in [-0.39, 0.29) is 6.47 Å². The van der Waals surface area contributed by atoms with Crippen LogP contribution in [0.1, 0.15) is 83.5 Å². The van der Waals surface area contributed by atoms with Gasteiger partial charge in [-0.1, -0.05) is 57.8 Å². The average molecular weight is 298 g/mol. The summed E-state index contributed by atoms with van der Waals surface area (Å²) in [6.45, 7) is 2.24. The number of hydrazine groups is 1. The summed E-state index contributed by atoms with van der Waals surface area (Å²) < 4.78 is 0. The Morgan fingerprint density at radius 1 is 0.810 bits per heavy atom. The highest BCUT2D eigenvalue weighted by Gasteiger charge is 2.18.